The van der Waals surface area contributed by atoms with E-state index in [1.807, 2.05) is 19.1 Å². The van der Waals surface area contributed by atoms with Gasteiger partial charge in [-0.05, 0) is 45.2 Å². The first kappa shape index (κ1) is 20.6. The molecule has 1 aromatic heterocycles. The fraction of sp³-hybridized carbons (Fsp3) is 0.545. The Morgan fingerprint density at radius 1 is 1.18 bits per heavy atom. The van der Waals surface area contributed by atoms with Crippen molar-refractivity contribution in [3.8, 4) is 11.5 Å². The Morgan fingerprint density at radius 3 is 2.46 bits per heavy atom. The van der Waals surface area contributed by atoms with Crippen molar-refractivity contribution in [2.75, 3.05) is 13.2 Å². The second-order valence-corrected chi connectivity index (χ2v) is 7.53. The molecule has 0 bridgehead atoms. The molecule has 1 N–H and O–H groups in total. The normalized spacial score (nSPS) is 22.3. The van der Waals surface area contributed by atoms with Crippen LogP contribution in [0, 0.1) is 19.8 Å². The number of unbranched alkanes of at least 4 members (excludes halogenated alkanes) is 1. The Balaban J connectivity index is 1.45. The van der Waals surface area contributed by atoms with Crippen LogP contribution in [0.2, 0.25) is 0 Å². The first-order valence-electron chi connectivity index (χ1n) is 9.98. The monoisotopic (exact) mass is 387 g/mol. The predicted octanol–water partition coefficient (Wildman–Crippen LogP) is 4.53. The van der Waals surface area contributed by atoms with Crippen LogP contribution < -0.4 is 0 Å². The zero-order valence-electron chi connectivity index (χ0n) is 16.9. The van der Waals surface area contributed by atoms with E-state index in [0.717, 1.165) is 42.7 Å². The van der Waals surface area contributed by atoms with Gasteiger partial charge in [-0.15, -0.1) is 0 Å². The minimum Gasteiger partial charge on any atom is -0.477 e. The zero-order chi connectivity index (χ0) is 20.1. The minimum absolute atomic E-state index is 0.237. The third kappa shape index (κ3) is 4.62. The number of carboxylic acid groups (broad SMARTS) is 1. The molecule has 1 fully saturated rings. The van der Waals surface area contributed by atoms with Crippen molar-refractivity contribution in [1.82, 2.24) is 4.98 Å². The van der Waals surface area contributed by atoms with Crippen LogP contribution in [0.4, 0.5) is 0 Å². The summed E-state index contributed by atoms with van der Waals surface area (Å²) in [7, 11) is 0. The number of carbonyl (C=O) groups is 1. The number of hydrogen-bond acceptors (Lipinski definition) is 5. The highest BCUT2D eigenvalue weighted by atomic mass is 16.7. The van der Waals surface area contributed by atoms with E-state index < -0.39 is 11.8 Å². The van der Waals surface area contributed by atoms with Crippen molar-refractivity contribution in [2.45, 2.75) is 58.7 Å². The molecule has 0 radical (unpaired) electrons. The highest BCUT2D eigenvalue weighted by Gasteiger charge is 2.43. The van der Waals surface area contributed by atoms with Crippen LogP contribution in [0.15, 0.2) is 28.7 Å². The molecule has 0 unspecified atom stereocenters. The van der Waals surface area contributed by atoms with Gasteiger partial charge in [-0.2, -0.15) is 0 Å². The smallest absolute Gasteiger partial charge is 0.364 e. The lowest BCUT2D eigenvalue weighted by atomic mass is 10.0. The number of rotatable bonds is 8. The van der Waals surface area contributed by atoms with E-state index in [1.165, 1.54) is 5.56 Å². The van der Waals surface area contributed by atoms with Crippen LogP contribution in [-0.4, -0.2) is 35.1 Å². The summed E-state index contributed by atoms with van der Waals surface area (Å²) in [4.78, 5) is 16.0. The molecule has 2 aromatic rings. The lowest BCUT2D eigenvalue weighted by Gasteiger charge is -2.36. The van der Waals surface area contributed by atoms with Crippen molar-refractivity contribution >= 4 is 5.97 Å². The zero-order valence-corrected chi connectivity index (χ0v) is 16.9. The van der Waals surface area contributed by atoms with Gasteiger partial charge in [0.05, 0.1) is 18.9 Å². The van der Waals surface area contributed by atoms with E-state index >= 15 is 0 Å². The van der Waals surface area contributed by atoms with Crippen molar-refractivity contribution < 1.29 is 23.8 Å². The van der Waals surface area contributed by atoms with Crippen molar-refractivity contribution in [3.05, 3.63) is 41.3 Å². The molecule has 1 aromatic carbocycles. The maximum atomic E-state index is 11.3. The fourth-order valence-electron chi connectivity index (χ4n) is 3.45. The summed E-state index contributed by atoms with van der Waals surface area (Å²) in [6.07, 6.45) is 4.12. The van der Waals surface area contributed by atoms with Crippen LogP contribution in [0.1, 0.15) is 49.6 Å². The highest BCUT2D eigenvalue weighted by Crippen LogP contribution is 2.28. The third-order valence-corrected chi connectivity index (χ3v) is 5.36. The molecular weight excluding hydrogens is 358 g/mol. The summed E-state index contributed by atoms with van der Waals surface area (Å²) < 4.78 is 16.9. The first-order valence-corrected chi connectivity index (χ1v) is 9.98. The number of carboxylic acids is 1. The fourth-order valence-corrected chi connectivity index (χ4v) is 3.45. The van der Waals surface area contributed by atoms with Crippen LogP contribution in [-0.2, 0) is 20.7 Å². The summed E-state index contributed by atoms with van der Waals surface area (Å²) in [6.45, 7) is 6.64. The molecule has 152 valence electrons. The second-order valence-electron chi connectivity index (χ2n) is 7.53. The number of aromatic nitrogens is 1. The van der Waals surface area contributed by atoms with Gasteiger partial charge in [0.25, 0.3) is 5.79 Å². The van der Waals surface area contributed by atoms with E-state index in [0.29, 0.717) is 25.5 Å². The van der Waals surface area contributed by atoms with Gasteiger partial charge in [-0.1, -0.05) is 31.0 Å². The number of ether oxygens (including phenoxy) is 2. The molecule has 0 aliphatic carbocycles. The lowest BCUT2D eigenvalue weighted by molar-refractivity contribution is -0.280. The standard InChI is InChI=1S/C22H29NO5/c1-4-22(21(24)25)26-13-17(14-27-22)7-5-6-8-19-16(3)28-20(23-19)18-11-9-15(2)10-12-18/h9-12,17H,4-8,13-14H2,1-3H3,(H,24,25). The van der Waals surface area contributed by atoms with E-state index in [-0.39, 0.29) is 5.92 Å². The molecule has 1 saturated heterocycles. The maximum absolute atomic E-state index is 11.3. The largest absolute Gasteiger partial charge is 0.477 e. The number of aliphatic carboxylic acids is 1. The van der Waals surface area contributed by atoms with Gasteiger partial charge in [0.2, 0.25) is 5.89 Å². The molecule has 3 rings (SSSR count). The van der Waals surface area contributed by atoms with E-state index in [4.69, 9.17) is 13.9 Å². The molecule has 6 heteroatoms. The highest BCUT2D eigenvalue weighted by molar-refractivity contribution is 5.75. The van der Waals surface area contributed by atoms with E-state index in [2.05, 4.69) is 24.0 Å². The van der Waals surface area contributed by atoms with Gasteiger partial charge < -0.3 is 19.0 Å². The summed E-state index contributed by atoms with van der Waals surface area (Å²) in [5.41, 5.74) is 3.21. The van der Waals surface area contributed by atoms with E-state index in [9.17, 15) is 9.90 Å². The Hall–Kier alpha value is -2.18. The van der Waals surface area contributed by atoms with E-state index in [1.54, 1.807) is 6.92 Å². The number of oxazole rings is 1. The minimum atomic E-state index is -1.46. The quantitative estimate of drug-likeness (QED) is 0.671. The summed E-state index contributed by atoms with van der Waals surface area (Å²) >= 11 is 0. The summed E-state index contributed by atoms with van der Waals surface area (Å²) in [6, 6.07) is 8.17. The van der Waals surface area contributed by atoms with Gasteiger partial charge in [-0.3, -0.25) is 0 Å². The van der Waals surface area contributed by atoms with Crippen LogP contribution in [0.25, 0.3) is 11.5 Å². The topological polar surface area (TPSA) is 81.8 Å². The number of benzene rings is 1. The predicted molar refractivity (Wildman–Crippen MR) is 105 cm³/mol. The van der Waals surface area contributed by atoms with Gasteiger partial charge in [0.1, 0.15) is 5.76 Å². The van der Waals surface area contributed by atoms with Gasteiger partial charge in [0, 0.05) is 17.9 Å². The van der Waals surface area contributed by atoms with Gasteiger partial charge in [-0.25, -0.2) is 9.78 Å². The van der Waals surface area contributed by atoms with Crippen LogP contribution >= 0.6 is 0 Å². The third-order valence-electron chi connectivity index (χ3n) is 5.36. The van der Waals surface area contributed by atoms with Crippen molar-refractivity contribution in [2.24, 2.45) is 5.92 Å². The van der Waals surface area contributed by atoms with Crippen molar-refractivity contribution in [3.63, 3.8) is 0 Å². The molecule has 0 saturated carbocycles. The lowest BCUT2D eigenvalue weighted by Crippen LogP contribution is -2.49. The van der Waals surface area contributed by atoms with Crippen LogP contribution in [0.3, 0.4) is 0 Å². The summed E-state index contributed by atoms with van der Waals surface area (Å²) in [5, 5.41) is 9.27. The average Bonchev–Trinajstić information content (AvgIpc) is 3.07. The molecule has 2 heterocycles. The Kier molecular flexibility index (Phi) is 6.52. The number of aryl methyl sites for hydroxylation is 3. The van der Waals surface area contributed by atoms with Crippen LogP contribution in [0.5, 0.6) is 0 Å². The average molecular weight is 387 g/mol. The first-order chi connectivity index (χ1) is 13.4. The Labute approximate surface area is 165 Å². The molecule has 6 nitrogen and oxygen atoms in total. The number of nitrogens with zero attached hydrogens (tertiary/aromatic N) is 1. The van der Waals surface area contributed by atoms with Gasteiger partial charge in [0.15, 0.2) is 0 Å². The molecule has 0 amide bonds. The Morgan fingerprint density at radius 2 is 1.86 bits per heavy atom. The van der Waals surface area contributed by atoms with Gasteiger partial charge >= 0.3 is 5.97 Å². The molecular formula is C22H29NO5. The maximum Gasteiger partial charge on any atom is 0.364 e. The SMILES string of the molecule is CCC1(C(=O)O)OCC(CCCCc2nc(-c3ccc(C)cc3)oc2C)CO1. The summed E-state index contributed by atoms with van der Waals surface area (Å²) in [5.74, 6) is -0.721. The second kappa shape index (κ2) is 8.88. The molecule has 28 heavy (non-hydrogen) atoms. The molecule has 0 spiro atoms. The van der Waals surface area contributed by atoms with Crippen molar-refractivity contribution in [1.29, 1.82) is 0 Å². The molecule has 1 aliphatic heterocycles. The number of hydrogen-bond donors (Lipinski definition) is 1. The Bertz CT molecular complexity index is 788. The molecule has 0 atom stereocenters. The molecule has 1 aliphatic rings.